The Labute approximate surface area is 165 Å². The van der Waals surface area contributed by atoms with E-state index in [1.807, 2.05) is 0 Å². The maximum absolute atomic E-state index is 12.7. The van der Waals surface area contributed by atoms with E-state index in [0.717, 1.165) is 12.1 Å². The highest BCUT2D eigenvalue weighted by molar-refractivity contribution is 7.92. The lowest BCUT2D eigenvalue weighted by molar-refractivity contribution is -0.120. The van der Waals surface area contributed by atoms with Crippen molar-refractivity contribution in [3.05, 3.63) is 64.2 Å². The number of benzene rings is 2. The molecule has 0 heterocycles. The van der Waals surface area contributed by atoms with Crippen LogP contribution in [0.2, 0.25) is 5.02 Å². The van der Waals surface area contributed by atoms with Crippen LogP contribution in [0.15, 0.2) is 52.5 Å². The smallest absolute Gasteiger partial charge is 0.273 e. The van der Waals surface area contributed by atoms with Gasteiger partial charge in [-0.3, -0.25) is 4.79 Å². The summed E-state index contributed by atoms with van der Waals surface area (Å²) in [6, 6.07) is 9.00. The maximum atomic E-state index is 12.7. The minimum atomic E-state index is -5.45. The normalized spacial score (nSPS) is 12.7. The molecule has 5 nitrogen and oxygen atoms in total. The zero-order valence-corrected chi connectivity index (χ0v) is 16.4. The highest BCUT2D eigenvalue weighted by Gasteiger charge is 2.46. The summed E-state index contributed by atoms with van der Waals surface area (Å²) in [4.78, 5) is 10.7. The van der Waals surface area contributed by atoms with E-state index in [0.29, 0.717) is 21.7 Å². The van der Waals surface area contributed by atoms with Crippen molar-refractivity contribution in [1.29, 1.82) is 0 Å². The number of nitrogens with zero attached hydrogens (tertiary/aromatic N) is 1. The molecule has 150 valence electrons. The van der Waals surface area contributed by atoms with Crippen molar-refractivity contribution in [2.45, 2.75) is 30.7 Å². The van der Waals surface area contributed by atoms with Crippen LogP contribution in [0.25, 0.3) is 0 Å². The Hall–Kier alpha value is -2.39. The van der Waals surface area contributed by atoms with Gasteiger partial charge in [-0.1, -0.05) is 36.7 Å². The monoisotopic (exact) mass is 432 g/mol. The number of hydrazone groups is 1. The third-order valence-electron chi connectivity index (χ3n) is 3.80. The van der Waals surface area contributed by atoms with Gasteiger partial charge in [0, 0.05) is 22.6 Å². The third kappa shape index (κ3) is 4.71. The van der Waals surface area contributed by atoms with E-state index in [1.54, 1.807) is 32.0 Å². The molecular formula is C18H16ClF3N2O3S. The second kappa shape index (κ2) is 8.32. The number of alkyl halides is 3. The number of aryl methyl sites for hydroxylation is 1. The highest BCUT2D eigenvalue weighted by atomic mass is 35.5. The number of halogens is 4. The van der Waals surface area contributed by atoms with Crippen LogP contribution in [0, 0.1) is 6.92 Å². The van der Waals surface area contributed by atoms with E-state index in [9.17, 15) is 26.4 Å². The quantitative estimate of drug-likeness (QED) is 0.567. The number of carbonyl (C=O) groups is 1. The third-order valence-corrected chi connectivity index (χ3v) is 5.54. The van der Waals surface area contributed by atoms with Gasteiger partial charge in [-0.15, -0.1) is 0 Å². The van der Waals surface area contributed by atoms with Crippen molar-refractivity contribution in [1.82, 2.24) is 5.43 Å². The second-order valence-corrected chi connectivity index (χ2v) is 8.16. The number of hydrogen-bond acceptors (Lipinski definition) is 4. The van der Waals surface area contributed by atoms with Gasteiger partial charge in [-0.2, -0.15) is 18.3 Å². The molecule has 0 aromatic heterocycles. The number of nitrogens with one attached hydrogen (secondary N) is 1. The Kier molecular flexibility index (Phi) is 6.51. The summed E-state index contributed by atoms with van der Waals surface area (Å²) in [5.74, 6) is -0.361. The van der Waals surface area contributed by atoms with Crippen LogP contribution < -0.4 is 5.43 Å². The van der Waals surface area contributed by atoms with E-state index in [4.69, 9.17) is 11.6 Å². The average Bonchev–Trinajstić information content (AvgIpc) is 2.62. The molecule has 2 rings (SSSR count). The average molecular weight is 433 g/mol. The first-order valence-corrected chi connectivity index (χ1v) is 9.88. The summed E-state index contributed by atoms with van der Waals surface area (Å²) in [5, 5.41) is 4.55. The summed E-state index contributed by atoms with van der Waals surface area (Å²) >= 11 is 5.95. The zero-order valence-electron chi connectivity index (χ0n) is 14.8. The summed E-state index contributed by atoms with van der Waals surface area (Å²) in [5.41, 5.74) is -1.17. The molecule has 2 aromatic carbocycles. The summed E-state index contributed by atoms with van der Waals surface area (Å²) < 4.78 is 61.2. The fourth-order valence-electron chi connectivity index (χ4n) is 2.30. The molecular weight excluding hydrogens is 417 g/mol. The van der Waals surface area contributed by atoms with Crippen molar-refractivity contribution in [2.75, 3.05) is 0 Å². The van der Waals surface area contributed by atoms with Gasteiger partial charge in [0.25, 0.3) is 9.84 Å². The Morgan fingerprint density at radius 3 is 2.25 bits per heavy atom. The lowest BCUT2D eigenvalue weighted by Crippen LogP contribution is -2.23. The Morgan fingerprint density at radius 1 is 1.14 bits per heavy atom. The Balaban J connectivity index is 2.54. The standard InChI is InChI=1S/C18H16ClF3N2O3S/c1-3-16(25)23-24-17(15-9-6-13(19)10-11(15)2)12-4-7-14(8-5-12)28(26,27)18(20,21)22/h4-10H,3H2,1-2H3,(H,23,25). The largest absolute Gasteiger partial charge is 0.501 e. The topological polar surface area (TPSA) is 75.6 Å². The molecule has 0 unspecified atom stereocenters. The van der Waals surface area contributed by atoms with Crippen molar-refractivity contribution in [2.24, 2.45) is 5.10 Å². The van der Waals surface area contributed by atoms with E-state index < -0.39 is 20.2 Å². The maximum Gasteiger partial charge on any atom is 0.501 e. The molecule has 0 saturated carbocycles. The Bertz CT molecular complexity index is 1020. The highest BCUT2D eigenvalue weighted by Crippen LogP contribution is 2.30. The molecule has 2 aromatic rings. The van der Waals surface area contributed by atoms with Gasteiger partial charge in [0.2, 0.25) is 5.91 Å². The van der Waals surface area contributed by atoms with Crippen LogP contribution in [0.5, 0.6) is 0 Å². The second-order valence-electron chi connectivity index (χ2n) is 5.78. The molecule has 0 radical (unpaired) electrons. The first-order chi connectivity index (χ1) is 13.0. The van der Waals surface area contributed by atoms with E-state index in [1.165, 1.54) is 12.1 Å². The zero-order chi connectivity index (χ0) is 21.1. The number of sulfone groups is 1. The number of hydrogen-bond donors (Lipinski definition) is 1. The lowest BCUT2D eigenvalue weighted by atomic mass is 9.98. The van der Waals surface area contributed by atoms with E-state index in [2.05, 4.69) is 10.5 Å². The molecule has 0 bridgehead atoms. The van der Waals surface area contributed by atoms with Gasteiger partial charge >= 0.3 is 5.51 Å². The van der Waals surface area contributed by atoms with Crippen LogP contribution in [-0.2, 0) is 14.6 Å². The van der Waals surface area contributed by atoms with Gasteiger partial charge < -0.3 is 0 Å². The van der Waals surface area contributed by atoms with Gasteiger partial charge in [0.1, 0.15) is 0 Å². The van der Waals surface area contributed by atoms with Gasteiger partial charge in [-0.25, -0.2) is 13.8 Å². The van der Waals surface area contributed by atoms with Crippen molar-refractivity contribution in [3.8, 4) is 0 Å². The molecule has 0 aliphatic heterocycles. The molecule has 1 amide bonds. The van der Waals surface area contributed by atoms with Gasteiger partial charge in [0.05, 0.1) is 10.6 Å². The van der Waals surface area contributed by atoms with E-state index >= 15 is 0 Å². The van der Waals surface area contributed by atoms with Crippen molar-refractivity contribution < 1.29 is 26.4 Å². The number of rotatable bonds is 5. The van der Waals surface area contributed by atoms with Crippen LogP contribution in [0.1, 0.15) is 30.0 Å². The summed E-state index contributed by atoms with van der Waals surface area (Å²) in [6.45, 7) is 3.38. The van der Waals surface area contributed by atoms with Crippen LogP contribution in [0.3, 0.4) is 0 Å². The molecule has 1 N–H and O–H groups in total. The first kappa shape index (κ1) is 21.9. The minimum absolute atomic E-state index is 0.180. The molecule has 0 fully saturated rings. The fraction of sp³-hybridized carbons (Fsp3) is 0.222. The molecule has 28 heavy (non-hydrogen) atoms. The van der Waals surface area contributed by atoms with Crippen LogP contribution in [0.4, 0.5) is 13.2 Å². The van der Waals surface area contributed by atoms with Crippen LogP contribution >= 0.6 is 11.6 Å². The predicted molar refractivity (Wildman–Crippen MR) is 99.9 cm³/mol. The molecule has 0 aliphatic rings. The molecule has 0 saturated heterocycles. The predicted octanol–water partition coefficient (Wildman–Crippen LogP) is 4.22. The summed E-state index contributed by atoms with van der Waals surface area (Å²) in [6.07, 6.45) is 0.180. The van der Waals surface area contributed by atoms with E-state index in [-0.39, 0.29) is 18.0 Å². The number of carbonyl (C=O) groups excluding carboxylic acids is 1. The van der Waals surface area contributed by atoms with Crippen molar-refractivity contribution >= 4 is 33.1 Å². The lowest BCUT2D eigenvalue weighted by Gasteiger charge is -2.12. The summed E-state index contributed by atoms with van der Waals surface area (Å²) in [7, 11) is -5.45. The molecule has 0 aliphatic carbocycles. The minimum Gasteiger partial charge on any atom is -0.273 e. The first-order valence-electron chi connectivity index (χ1n) is 8.02. The fourth-order valence-corrected chi connectivity index (χ4v) is 3.28. The molecule has 0 atom stereocenters. The molecule has 0 spiro atoms. The van der Waals surface area contributed by atoms with Crippen molar-refractivity contribution in [3.63, 3.8) is 0 Å². The van der Waals surface area contributed by atoms with Gasteiger partial charge in [0.15, 0.2) is 0 Å². The SMILES string of the molecule is CCC(=O)NN=C(c1ccc(S(=O)(=O)C(F)(F)F)cc1)c1ccc(Cl)cc1C. The Morgan fingerprint density at radius 2 is 1.75 bits per heavy atom. The van der Waals surface area contributed by atoms with Gasteiger partial charge in [-0.05, 0) is 36.8 Å². The number of amides is 1. The molecule has 10 heteroatoms. The van der Waals surface area contributed by atoms with Crippen LogP contribution in [-0.4, -0.2) is 25.5 Å².